The first kappa shape index (κ1) is 21.1. The maximum absolute atomic E-state index is 12.7. The Morgan fingerprint density at radius 1 is 1.10 bits per heavy atom. The number of hydrogen-bond donors (Lipinski definition) is 1. The van der Waals surface area contributed by atoms with Crippen LogP contribution in [0.25, 0.3) is 11.0 Å². The van der Waals surface area contributed by atoms with E-state index in [2.05, 4.69) is 15.3 Å². The fourth-order valence-corrected chi connectivity index (χ4v) is 3.31. The first-order valence-corrected chi connectivity index (χ1v) is 9.88. The molecule has 8 heteroatoms. The van der Waals surface area contributed by atoms with Crippen LogP contribution in [0.2, 0.25) is 0 Å². The number of amides is 2. The van der Waals surface area contributed by atoms with Crippen LogP contribution in [0, 0.1) is 13.8 Å². The highest BCUT2D eigenvalue weighted by Crippen LogP contribution is 2.16. The summed E-state index contributed by atoms with van der Waals surface area (Å²) in [6.45, 7) is 6.00. The van der Waals surface area contributed by atoms with Gasteiger partial charge in [0.15, 0.2) is 0 Å². The quantitative estimate of drug-likeness (QED) is 0.710. The van der Waals surface area contributed by atoms with Crippen molar-refractivity contribution in [2.45, 2.75) is 32.7 Å². The van der Waals surface area contributed by atoms with Crippen LogP contribution < -0.4 is 5.32 Å². The third-order valence-electron chi connectivity index (χ3n) is 5.18. The van der Waals surface area contributed by atoms with Gasteiger partial charge in [0.2, 0.25) is 5.91 Å². The minimum Gasteiger partial charge on any atom is -0.382 e. The van der Waals surface area contributed by atoms with Gasteiger partial charge in [-0.1, -0.05) is 0 Å². The Kier molecular flexibility index (Phi) is 7.11. The summed E-state index contributed by atoms with van der Waals surface area (Å²) < 4.78 is 10.2. The van der Waals surface area contributed by atoms with E-state index in [1.165, 1.54) is 0 Å². The summed E-state index contributed by atoms with van der Waals surface area (Å²) in [5.41, 5.74) is 3.82. The van der Waals surface area contributed by atoms with Crippen LogP contribution in [0.4, 0.5) is 0 Å². The van der Waals surface area contributed by atoms with Crippen LogP contribution in [-0.2, 0) is 14.3 Å². The average molecular weight is 400 g/mol. The van der Waals surface area contributed by atoms with Crippen molar-refractivity contribution < 1.29 is 19.1 Å². The number of nitrogens with zero attached hydrogens (tertiary/aromatic N) is 3. The lowest BCUT2D eigenvalue weighted by molar-refractivity contribution is -0.137. The lowest BCUT2D eigenvalue weighted by atomic mass is 10.0. The second-order valence-corrected chi connectivity index (χ2v) is 7.27. The zero-order valence-corrected chi connectivity index (χ0v) is 17.2. The summed E-state index contributed by atoms with van der Waals surface area (Å²) in [4.78, 5) is 35.6. The second kappa shape index (κ2) is 9.76. The Balaban J connectivity index is 1.51. The number of carbonyl (C=O) groups is 2. The van der Waals surface area contributed by atoms with Gasteiger partial charge in [-0.15, -0.1) is 0 Å². The molecule has 29 heavy (non-hydrogen) atoms. The van der Waals surface area contributed by atoms with Crippen LogP contribution >= 0.6 is 0 Å². The lowest BCUT2D eigenvalue weighted by Crippen LogP contribution is -2.47. The molecule has 1 fully saturated rings. The molecule has 0 radical (unpaired) electrons. The molecule has 1 aromatic heterocycles. The number of hydrogen-bond acceptors (Lipinski definition) is 6. The molecule has 2 aromatic rings. The summed E-state index contributed by atoms with van der Waals surface area (Å²) in [6, 6.07) is 5.42. The van der Waals surface area contributed by atoms with Crippen LogP contribution in [0.15, 0.2) is 18.2 Å². The van der Waals surface area contributed by atoms with E-state index in [9.17, 15) is 9.59 Å². The molecule has 2 heterocycles. The molecule has 2 amide bonds. The highest BCUT2D eigenvalue weighted by Gasteiger charge is 2.24. The van der Waals surface area contributed by atoms with E-state index in [1.54, 1.807) is 24.1 Å². The van der Waals surface area contributed by atoms with Gasteiger partial charge in [0, 0.05) is 31.8 Å². The first-order chi connectivity index (χ1) is 14.0. The van der Waals surface area contributed by atoms with Gasteiger partial charge in [-0.2, -0.15) is 0 Å². The normalized spacial score (nSPS) is 14.9. The Labute approximate surface area is 170 Å². The van der Waals surface area contributed by atoms with Gasteiger partial charge in [0.25, 0.3) is 5.91 Å². The van der Waals surface area contributed by atoms with Crippen molar-refractivity contribution >= 4 is 22.8 Å². The minimum absolute atomic E-state index is 0.0235. The van der Waals surface area contributed by atoms with Crippen molar-refractivity contribution in [1.82, 2.24) is 20.2 Å². The monoisotopic (exact) mass is 400 g/mol. The molecule has 0 spiro atoms. The molecule has 1 aliphatic heterocycles. The van der Waals surface area contributed by atoms with Gasteiger partial charge in [-0.05, 0) is 44.9 Å². The zero-order valence-electron chi connectivity index (χ0n) is 17.2. The number of benzene rings is 1. The molecule has 0 aliphatic carbocycles. The predicted octanol–water partition coefficient (Wildman–Crippen LogP) is 1.63. The van der Waals surface area contributed by atoms with E-state index in [4.69, 9.17) is 9.47 Å². The van der Waals surface area contributed by atoms with Crippen LogP contribution in [0.1, 0.15) is 34.6 Å². The van der Waals surface area contributed by atoms with Crippen molar-refractivity contribution in [2.24, 2.45) is 0 Å². The Bertz CT molecular complexity index is 878. The van der Waals surface area contributed by atoms with E-state index in [0.29, 0.717) is 31.9 Å². The molecular weight excluding hydrogens is 372 g/mol. The summed E-state index contributed by atoms with van der Waals surface area (Å²) in [5.74, 6) is -0.149. The molecular formula is C21H28N4O4. The van der Waals surface area contributed by atoms with Gasteiger partial charge in [0.05, 0.1) is 35.6 Å². The Hall–Kier alpha value is -2.58. The number of fused-ring (bicyclic) bond motifs is 1. The van der Waals surface area contributed by atoms with Crippen molar-refractivity contribution in [3.05, 3.63) is 35.2 Å². The number of aryl methyl sites for hydroxylation is 2. The minimum atomic E-state index is -0.125. The van der Waals surface area contributed by atoms with Crippen LogP contribution in [0.5, 0.6) is 0 Å². The molecule has 1 aliphatic rings. The van der Waals surface area contributed by atoms with E-state index in [1.807, 2.05) is 19.9 Å². The second-order valence-electron chi connectivity index (χ2n) is 7.27. The third-order valence-corrected chi connectivity index (χ3v) is 5.18. The summed E-state index contributed by atoms with van der Waals surface area (Å²) in [7, 11) is 1.59. The van der Waals surface area contributed by atoms with E-state index >= 15 is 0 Å². The third kappa shape index (κ3) is 5.48. The maximum atomic E-state index is 12.7. The molecule has 1 aromatic carbocycles. The first-order valence-electron chi connectivity index (χ1n) is 9.88. The van der Waals surface area contributed by atoms with Gasteiger partial charge < -0.3 is 19.7 Å². The molecule has 0 saturated carbocycles. The number of likely N-dealkylation sites (tertiary alicyclic amines) is 1. The van der Waals surface area contributed by atoms with Gasteiger partial charge in [0.1, 0.15) is 6.61 Å². The van der Waals surface area contributed by atoms with Crippen molar-refractivity contribution in [3.63, 3.8) is 0 Å². The number of aromatic nitrogens is 2. The summed E-state index contributed by atoms with van der Waals surface area (Å²) in [6.07, 6.45) is 1.45. The average Bonchev–Trinajstić information content (AvgIpc) is 2.72. The fourth-order valence-electron chi connectivity index (χ4n) is 3.31. The van der Waals surface area contributed by atoms with E-state index in [-0.39, 0.29) is 24.5 Å². The Morgan fingerprint density at radius 2 is 1.79 bits per heavy atom. The van der Waals surface area contributed by atoms with Gasteiger partial charge in [-0.25, -0.2) is 9.97 Å². The standard InChI is InChI=1S/C21H28N4O4/c1-14-15(2)23-19-12-16(4-5-18(19)22-14)21(27)24-17-6-8-25(9-7-17)20(26)13-29-11-10-28-3/h4-5,12,17H,6-11,13H2,1-3H3,(H,24,27). The van der Waals surface area contributed by atoms with Gasteiger partial charge in [-0.3, -0.25) is 9.59 Å². The molecule has 0 atom stereocenters. The van der Waals surface area contributed by atoms with Crippen molar-refractivity contribution in [2.75, 3.05) is 40.0 Å². The maximum Gasteiger partial charge on any atom is 0.251 e. The molecule has 0 unspecified atom stereocenters. The number of ether oxygens (including phenoxy) is 2. The van der Waals surface area contributed by atoms with Crippen molar-refractivity contribution in [3.8, 4) is 0 Å². The largest absolute Gasteiger partial charge is 0.382 e. The SMILES string of the molecule is COCCOCC(=O)N1CCC(NC(=O)c2ccc3nc(C)c(C)nc3c2)CC1. The number of piperidine rings is 1. The highest BCUT2D eigenvalue weighted by atomic mass is 16.5. The zero-order chi connectivity index (χ0) is 20.8. The number of carbonyl (C=O) groups excluding carboxylic acids is 2. The molecule has 1 saturated heterocycles. The number of methoxy groups -OCH3 is 1. The topological polar surface area (TPSA) is 93.7 Å². The molecule has 1 N–H and O–H groups in total. The summed E-state index contributed by atoms with van der Waals surface area (Å²) in [5, 5.41) is 3.07. The molecule has 3 rings (SSSR count). The van der Waals surface area contributed by atoms with E-state index < -0.39 is 0 Å². The smallest absolute Gasteiger partial charge is 0.251 e. The predicted molar refractivity (Wildman–Crippen MR) is 109 cm³/mol. The van der Waals surface area contributed by atoms with E-state index in [0.717, 1.165) is 35.3 Å². The number of nitrogens with one attached hydrogen (secondary N) is 1. The molecule has 0 bridgehead atoms. The van der Waals surface area contributed by atoms with Crippen LogP contribution in [-0.4, -0.2) is 72.7 Å². The molecule has 8 nitrogen and oxygen atoms in total. The van der Waals surface area contributed by atoms with Crippen LogP contribution in [0.3, 0.4) is 0 Å². The fraction of sp³-hybridized carbons (Fsp3) is 0.524. The number of rotatable bonds is 7. The molecule has 156 valence electrons. The summed E-state index contributed by atoms with van der Waals surface area (Å²) >= 11 is 0. The van der Waals surface area contributed by atoms with Crippen molar-refractivity contribution in [1.29, 1.82) is 0 Å². The van der Waals surface area contributed by atoms with Gasteiger partial charge >= 0.3 is 0 Å². The Morgan fingerprint density at radius 3 is 2.48 bits per heavy atom. The lowest BCUT2D eigenvalue weighted by Gasteiger charge is -2.32. The highest BCUT2D eigenvalue weighted by molar-refractivity contribution is 5.97.